The zero-order chi connectivity index (χ0) is 15.4. The summed E-state index contributed by atoms with van der Waals surface area (Å²) in [6, 6.07) is 7.11. The van der Waals surface area contributed by atoms with Gasteiger partial charge in [-0.2, -0.15) is 0 Å². The van der Waals surface area contributed by atoms with E-state index in [4.69, 9.17) is 21.1 Å². The third kappa shape index (κ3) is 3.49. The first-order chi connectivity index (χ1) is 10.0. The van der Waals surface area contributed by atoms with Gasteiger partial charge < -0.3 is 19.9 Å². The summed E-state index contributed by atoms with van der Waals surface area (Å²) < 4.78 is 10.3. The Morgan fingerprint density at radius 3 is 2.33 bits per heavy atom. The van der Waals surface area contributed by atoms with Crippen LogP contribution < -0.4 is 14.8 Å². The van der Waals surface area contributed by atoms with Gasteiger partial charge in [-0.1, -0.05) is 11.6 Å². The number of aromatic nitrogens is 1. The van der Waals surface area contributed by atoms with Gasteiger partial charge >= 0.3 is 0 Å². The lowest BCUT2D eigenvalue weighted by molar-refractivity contribution is 0.339. The van der Waals surface area contributed by atoms with E-state index in [1.54, 1.807) is 18.2 Å². The van der Waals surface area contributed by atoms with Crippen LogP contribution in [0.2, 0.25) is 5.15 Å². The molecule has 0 aliphatic carbocycles. The van der Waals surface area contributed by atoms with E-state index in [9.17, 15) is 5.11 Å². The number of phenolic OH excluding ortho intramolecular Hbond substituents is 1. The lowest BCUT2D eigenvalue weighted by Crippen LogP contribution is -2.03. The van der Waals surface area contributed by atoms with Crippen LogP contribution >= 0.6 is 11.6 Å². The molecule has 0 saturated carbocycles. The minimum atomic E-state index is -0.00640. The van der Waals surface area contributed by atoms with Crippen molar-refractivity contribution in [2.45, 2.75) is 13.5 Å². The molecule has 1 aromatic heterocycles. The lowest BCUT2D eigenvalue weighted by atomic mass is 10.1. The van der Waals surface area contributed by atoms with Gasteiger partial charge in [-0.3, -0.25) is 0 Å². The van der Waals surface area contributed by atoms with Crippen LogP contribution in [0.1, 0.15) is 11.3 Å². The number of phenols is 1. The number of pyridine rings is 1. The molecule has 2 aromatic rings. The van der Waals surface area contributed by atoms with Crippen LogP contribution in [0.3, 0.4) is 0 Å². The summed E-state index contributed by atoms with van der Waals surface area (Å²) in [6.07, 6.45) is 0. The van der Waals surface area contributed by atoms with Crippen LogP contribution in [0.4, 0.5) is 5.69 Å². The summed E-state index contributed by atoms with van der Waals surface area (Å²) >= 11 is 5.83. The molecular formula is C15H17ClN2O3. The Morgan fingerprint density at radius 1 is 1.19 bits per heavy atom. The number of aryl methyl sites for hydroxylation is 1. The number of hydrogen-bond acceptors (Lipinski definition) is 5. The highest BCUT2D eigenvalue weighted by Crippen LogP contribution is 2.37. The van der Waals surface area contributed by atoms with Crippen LogP contribution in [0.5, 0.6) is 17.2 Å². The van der Waals surface area contributed by atoms with Gasteiger partial charge in [-0.05, 0) is 36.8 Å². The number of aromatic hydroxyl groups is 1. The van der Waals surface area contributed by atoms with Crippen LogP contribution in [-0.2, 0) is 6.54 Å². The molecule has 112 valence electrons. The van der Waals surface area contributed by atoms with E-state index in [1.165, 1.54) is 14.2 Å². The molecule has 1 aromatic carbocycles. The van der Waals surface area contributed by atoms with Crippen LogP contribution in [0.25, 0.3) is 0 Å². The minimum Gasteiger partial charge on any atom is -0.502 e. The number of halogens is 1. The summed E-state index contributed by atoms with van der Waals surface area (Å²) in [5.41, 5.74) is 2.63. The summed E-state index contributed by atoms with van der Waals surface area (Å²) in [7, 11) is 3.00. The van der Waals surface area contributed by atoms with Gasteiger partial charge in [0.1, 0.15) is 5.15 Å². The lowest BCUT2D eigenvalue weighted by Gasteiger charge is -2.13. The average Bonchev–Trinajstić information content (AvgIpc) is 2.47. The maximum Gasteiger partial charge on any atom is 0.200 e. The maximum atomic E-state index is 9.88. The molecule has 0 amide bonds. The molecule has 0 spiro atoms. The molecule has 5 nitrogen and oxygen atoms in total. The fourth-order valence-electron chi connectivity index (χ4n) is 1.96. The fourth-order valence-corrected chi connectivity index (χ4v) is 2.15. The van der Waals surface area contributed by atoms with Crippen molar-refractivity contribution in [1.29, 1.82) is 0 Å². The van der Waals surface area contributed by atoms with Crippen molar-refractivity contribution < 1.29 is 14.6 Å². The van der Waals surface area contributed by atoms with Gasteiger partial charge in [-0.15, -0.1) is 0 Å². The second-order valence-corrected chi connectivity index (χ2v) is 4.86. The first-order valence-electron chi connectivity index (χ1n) is 6.36. The van der Waals surface area contributed by atoms with Crippen molar-refractivity contribution in [3.63, 3.8) is 0 Å². The Labute approximate surface area is 128 Å². The Morgan fingerprint density at radius 2 is 1.81 bits per heavy atom. The second-order valence-electron chi connectivity index (χ2n) is 4.47. The molecule has 21 heavy (non-hydrogen) atoms. The van der Waals surface area contributed by atoms with Gasteiger partial charge in [0.15, 0.2) is 11.5 Å². The first-order valence-corrected chi connectivity index (χ1v) is 6.74. The van der Waals surface area contributed by atoms with Crippen LogP contribution in [0, 0.1) is 6.92 Å². The fraction of sp³-hybridized carbons (Fsp3) is 0.267. The number of nitrogens with one attached hydrogen (secondary N) is 1. The second kappa shape index (κ2) is 6.54. The van der Waals surface area contributed by atoms with Crippen molar-refractivity contribution in [2.24, 2.45) is 0 Å². The average molecular weight is 309 g/mol. The number of benzene rings is 1. The molecule has 6 heteroatoms. The topological polar surface area (TPSA) is 63.6 Å². The summed E-state index contributed by atoms with van der Waals surface area (Å²) in [6.45, 7) is 2.42. The van der Waals surface area contributed by atoms with Crippen molar-refractivity contribution >= 4 is 17.3 Å². The molecular weight excluding hydrogens is 292 g/mol. The van der Waals surface area contributed by atoms with Gasteiger partial charge in [0.25, 0.3) is 0 Å². The smallest absolute Gasteiger partial charge is 0.200 e. The number of anilines is 1. The van der Waals surface area contributed by atoms with E-state index in [0.717, 1.165) is 16.9 Å². The van der Waals surface area contributed by atoms with Crippen molar-refractivity contribution in [2.75, 3.05) is 19.5 Å². The Kier molecular flexibility index (Phi) is 4.75. The van der Waals surface area contributed by atoms with E-state index in [-0.39, 0.29) is 5.75 Å². The number of methoxy groups -OCH3 is 2. The van der Waals surface area contributed by atoms with E-state index in [0.29, 0.717) is 23.2 Å². The zero-order valence-electron chi connectivity index (χ0n) is 12.1. The number of rotatable bonds is 5. The predicted octanol–water partition coefficient (Wildman–Crippen LogP) is 3.38. The molecule has 0 bridgehead atoms. The van der Waals surface area contributed by atoms with Crippen LogP contribution in [0.15, 0.2) is 24.3 Å². The standard InChI is InChI=1S/C15H17ClN2O3/c1-9-11(4-5-14(16)18-9)17-8-10-6-12(20-2)15(19)13(7-10)21-3/h4-7,17,19H,8H2,1-3H3. The normalized spacial score (nSPS) is 10.3. The molecule has 2 rings (SSSR count). The quantitative estimate of drug-likeness (QED) is 0.829. The summed E-state index contributed by atoms with van der Waals surface area (Å²) in [5, 5.41) is 13.6. The third-order valence-corrected chi connectivity index (χ3v) is 3.28. The Bertz CT molecular complexity index is 622. The Hall–Kier alpha value is -2.14. The van der Waals surface area contributed by atoms with Gasteiger partial charge in [0.05, 0.1) is 25.6 Å². The maximum absolute atomic E-state index is 9.88. The SMILES string of the molecule is COc1cc(CNc2ccc(Cl)nc2C)cc(OC)c1O. The van der Waals surface area contributed by atoms with E-state index >= 15 is 0 Å². The van der Waals surface area contributed by atoms with E-state index in [1.807, 2.05) is 13.0 Å². The molecule has 2 N–H and O–H groups in total. The third-order valence-electron chi connectivity index (χ3n) is 3.07. The molecule has 0 fully saturated rings. The highest BCUT2D eigenvalue weighted by Gasteiger charge is 2.11. The summed E-state index contributed by atoms with van der Waals surface area (Å²) in [4.78, 5) is 4.18. The highest BCUT2D eigenvalue weighted by molar-refractivity contribution is 6.29. The van der Waals surface area contributed by atoms with Crippen molar-refractivity contribution in [3.8, 4) is 17.2 Å². The molecule has 0 aliphatic heterocycles. The van der Waals surface area contributed by atoms with Crippen molar-refractivity contribution in [3.05, 3.63) is 40.7 Å². The molecule has 1 heterocycles. The monoisotopic (exact) mass is 308 g/mol. The largest absolute Gasteiger partial charge is 0.502 e. The first kappa shape index (κ1) is 15.3. The van der Waals surface area contributed by atoms with Crippen LogP contribution in [-0.4, -0.2) is 24.3 Å². The van der Waals surface area contributed by atoms with Gasteiger partial charge in [0, 0.05) is 6.54 Å². The Balaban J connectivity index is 2.19. The van der Waals surface area contributed by atoms with Crippen molar-refractivity contribution in [1.82, 2.24) is 4.98 Å². The molecule has 0 saturated heterocycles. The number of ether oxygens (including phenoxy) is 2. The van der Waals surface area contributed by atoms with E-state index < -0.39 is 0 Å². The van der Waals surface area contributed by atoms with Gasteiger partial charge in [0.2, 0.25) is 5.75 Å². The zero-order valence-corrected chi connectivity index (χ0v) is 12.9. The summed E-state index contributed by atoms with van der Waals surface area (Å²) in [5.74, 6) is 0.738. The molecule has 0 aliphatic rings. The highest BCUT2D eigenvalue weighted by atomic mass is 35.5. The van der Waals surface area contributed by atoms with E-state index in [2.05, 4.69) is 10.3 Å². The molecule has 0 radical (unpaired) electrons. The number of nitrogens with zero attached hydrogens (tertiary/aromatic N) is 1. The predicted molar refractivity (Wildman–Crippen MR) is 82.5 cm³/mol. The molecule has 0 atom stereocenters. The van der Waals surface area contributed by atoms with Gasteiger partial charge in [-0.25, -0.2) is 4.98 Å². The minimum absolute atomic E-state index is 0.00640. The number of hydrogen-bond donors (Lipinski definition) is 2. The molecule has 0 unspecified atom stereocenters.